The minimum absolute atomic E-state index is 0.919. The Kier molecular flexibility index (Phi) is 3.69. The van der Waals surface area contributed by atoms with Gasteiger partial charge in [-0.15, -0.1) is 0 Å². The highest BCUT2D eigenvalue weighted by atomic mass is 16.5. The number of methoxy groups -OCH3 is 1. The number of likely N-dealkylation sites (N-methyl/N-ethyl adjacent to an activating group) is 1. The Morgan fingerprint density at radius 1 is 1.35 bits per heavy atom. The first-order valence-electron chi connectivity index (χ1n) is 6.07. The van der Waals surface area contributed by atoms with Crippen molar-refractivity contribution in [3.8, 4) is 5.75 Å². The number of ether oxygens (including phenoxy) is 1. The fourth-order valence-electron chi connectivity index (χ4n) is 1.96. The molecule has 0 unspecified atom stereocenters. The largest absolute Gasteiger partial charge is 0.497 e. The van der Waals surface area contributed by atoms with Gasteiger partial charge < -0.3 is 14.6 Å². The van der Waals surface area contributed by atoms with E-state index in [1.807, 2.05) is 6.07 Å². The number of nitrogens with zero attached hydrogens (tertiary/aromatic N) is 1. The Labute approximate surface area is 102 Å². The first-order valence-corrected chi connectivity index (χ1v) is 6.07. The Morgan fingerprint density at radius 2 is 2.18 bits per heavy atom. The van der Waals surface area contributed by atoms with Crippen LogP contribution in [0.1, 0.15) is 12.5 Å². The maximum absolute atomic E-state index is 5.27. The maximum Gasteiger partial charge on any atom is 0.119 e. The van der Waals surface area contributed by atoms with Crippen molar-refractivity contribution in [3.63, 3.8) is 0 Å². The van der Waals surface area contributed by atoms with Crippen molar-refractivity contribution in [2.45, 2.75) is 13.3 Å². The van der Waals surface area contributed by atoms with Gasteiger partial charge in [0.2, 0.25) is 0 Å². The molecule has 0 fully saturated rings. The highest BCUT2D eigenvalue weighted by Crippen LogP contribution is 2.23. The van der Waals surface area contributed by atoms with Gasteiger partial charge in [-0.1, -0.05) is 6.92 Å². The van der Waals surface area contributed by atoms with Crippen molar-refractivity contribution in [2.75, 3.05) is 27.2 Å². The molecule has 3 nitrogen and oxygen atoms in total. The van der Waals surface area contributed by atoms with Crippen LogP contribution in [0.5, 0.6) is 5.75 Å². The van der Waals surface area contributed by atoms with Gasteiger partial charge in [0.05, 0.1) is 7.11 Å². The molecule has 1 heterocycles. The molecule has 0 spiro atoms. The smallest absolute Gasteiger partial charge is 0.119 e. The minimum Gasteiger partial charge on any atom is -0.497 e. The predicted octanol–water partition coefficient (Wildman–Crippen LogP) is 2.67. The standard InChI is InChI=1S/C14H20N2O/c1-4-16(2)8-7-11-10-15-14-6-5-12(17-3)9-13(11)14/h5-6,9-10,15H,4,7-8H2,1-3H3. The lowest BCUT2D eigenvalue weighted by Gasteiger charge is -2.12. The quantitative estimate of drug-likeness (QED) is 0.858. The van der Waals surface area contributed by atoms with Crippen LogP contribution in [0, 0.1) is 0 Å². The second-order valence-corrected chi connectivity index (χ2v) is 4.37. The summed E-state index contributed by atoms with van der Waals surface area (Å²) in [6.07, 6.45) is 3.17. The second-order valence-electron chi connectivity index (χ2n) is 4.37. The summed E-state index contributed by atoms with van der Waals surface area (Å²) in [6.45, 7) is 4.35. The Morgan fingerprint density at radius 3 is 2.88 bits per heavy atom. The highest BCUT2D eigenvalue weighted by molar-refractivity contribution is 5.84. The van der Waals surface area contributed by atoms with Crippen molar-refractivity contribution >= 4 is 10.9 Å². The number of H-pyrrole nitrogens is 1. The van der Waals surface area contributed by atoms with E-state index in [-0.39, 0.29) is 0 Å². The summed E-state index contributed by atoms with van der Waals surface area (Å²) in [5, 5.41) is 1.27. The van der Waals surface area contributed by atoms with Crippen LogP contribution < -0.4 is 4.74 Å². The molecular weight excluding hydrogens is 212 g/mol. The van der Waals surface area contributed by atoms with Gasteiger partial charge in [-0.2, -0.15) is 0 Å². The lowest BCUT2D eigenvalue weighted by molar-refractivity contribution is 0.358. The number of nitrogens with one attached hydrogen (secondary N) is 1. The maximum atomic E-state index is 5.27. The minimum atomic E-state index is 0.919. The number of benzene rings is 1. The summed E-state index contributed by atoms with van der Waals surface area (Å²) < 4.78 is 5.27. The third kappa shape index (κ3) is 2.61. The average Bonchev–Trinajstić information content (AvgIpc) is 2.78. The molecule has 1 aromatic carbocycles. The molecule has 0 aliphatic rings. The normalized spacial score (nSPS) is 11.3. The third-order valence-electron chi connectivity index (χ3n) is 3.28. The molecule has 0 saturated heterocycles. The molecule has 2 aromatic rings. The zero-order valence-electron chi connectivity index (χ0n) is 10.8. The fourth-order valence-corrected chi connectivity index (χ4v) is 1.96. The molecule has 2 rings (SSSR count). The van der Waals surface area contributed by atoms with Gasteiger partial charge in [0.25, 0.3) is 0 Å². The second kappa shape index (κ2) is 5.23. The molecule has 0 bridgehead atoms. The van der Waals surface area contributed by atoms with Crippen LogP contribution in [0.25, 0.3) is 10.9 Å². The molecule has 92 valence electrons. The first kappa shape index (κ1) is 12.0. The number of hydrogen-bond donors (Lipinski definition) is 1. The summed E-state index contributed by atoms with van der Waals surface area (Å²) in [4.78, 5) is 5.63. The molecule has 0 aliphatic carbocycles. The van der Waals surface area contributed by atoms with Gasteiger partial charge >= 0.3 is 0 Å². The number of rotatable bonds is 5. The molecule has 0 aliphatic heterocycles. The SMILES string of the molecule is CCN(C)CCc1c[nH]c2ccc(OC)cc12. The summed E-state index contributed by atoms with van der Waals surface area (Å²) in [5.41, 5.74) is 2.54. The van der Waals surface area contributed by atoms with Crippen LogP contribution in [-0.4, -0.2) is 37.1 Å². The van der Waals surface area contributed by atoms with Crippen LogP contribution in [0.3, 0.4) is 0 Å². The van der Waals surface area contributed by atoms with Crippen molar-refractivity contribution in [1.82, 2.24) is 9.88 Å². The molecule has 3 heteroatoms. The molecule has 1 N–H and O–H groups in total. The molecular formula is C14H20N2O. The van der Waals surface area contributed by atoms with Crippen molar-refractivity contribution in [1.29, 1.82) is 0 Å². The molecule has 1 aromatic heterocycles. The lowest BCUT2D eigenvalue weighted by Crippen LogP contribution is -2.20. The summed E-state index contributed by atoms with van der Waals surface area (Å²) >= 11 is 0. The van der Waals surface area contributed by atoms with Crippen LogP contribution in [0.2, 0.25) is 0 Å². The van der Waals surface area contributed by atoms with Crippen molar-refractivity contribution in [2.24, 2.45) is 0 Å². The first-order chi connectivity index (χ1) is 8.24. The lowest BCUT2D eigenvalue weighted by atomic mass is 10.1. The Hall–Kier alpha value is -1.48. The number of aromatic amines is 1. The van der Waals surface area contributed by atoms with E-state index in [1.165, 1.54) is 16.5 Å². The highest BCUT2D eigenvalue weighted by Gasteiger charge is 2.05. The number of hydrogen-bond acceptors (Lipinski definition) is 2. The number of aromatic nitrogens is 1. The zero-order valence-corrected chi connectivity index (χ0v) is 10.8. The van der Waals surface area contributed by atoms with Crippen LogP contribution >= 0.6 is 0 Å². The van der Waals surface area contributed by atoms with E-state index >= 15 is 0 Å². The van der Waals surface area contributed by atoms with E-state index in [1.54, 1.807) is 7.11 Å². The van der Waals surface area contributed by atoms with Gasteiger partial charge in [0.15, 0.2) is 0 Å². The van der Waals surface area contributed by atoms with Crippen LogP contribution in [0.15, 0.2) is 24.4 Å². The average molecular weight is 232 g/mol. The Balaban J connectivity index is 2.22. The molecule has 0 atom stereocenters. The monoisotopic (exact) mass is 232 g/mol. The number of fused-ring (bicyclic) bond motifs is 1. The van der Waals surface area contributed by atoms with Gasteiger partial charge in [0, 0.05) is 23.6 Å². The van der Waals surface area contributed by atoms with E-state index in [4.69, 9.17) is 4.74 Å². The predicted molar refractivity (Wildman–Crippen MR) is 71.7 cm³/mol. The molecule has 0 amide bonds. The third-order valence-corrected chi connectivity index (χ3v) is 3.28. The van der Waals surface area contributed by atoms with E-state index < -0.39 is 0 Å². The van der Waals surface area contributed by atoms with Crippen molar-refractivity contribution in [3.05, 3.63) is 30.0 Å². The topological polar surface area (TPSA) is 28.3 Å². The summed E-state index contributed by atoms with van der Waals surface area (Å²) in [5.74, 6) is 0.919. The summed E-state index contributed by atoms with van der Waals surface area (Å²) in [6, 6.07) is 6.16. The molecule has 17 heavy (non-hydrogen) atoms. The van der Waals surface area contributed by atoms with E-state index in [9.17, 15) is 0 Å². The van der Waals surface area contributed by atoms with E-state index in [2.05, 4.69) is 42.2 Å². The molecule has 0 radical (unpaired) electrons. The van der Waals surface area contributed by atoms with Gasteiger partial charge in [0.1, 0.15) is 5.75 Å². The van der Waals surface area contributed by atoms with Crippen LogP contribution in [0.4, 0.5) is 0 Å². The molecule has 0 saturated carbocycles. The van der Waals surface area contributed by atoms with Crippen LogP contribution in [-0.2, 0) is 6.42 Å². The van der Waals surface area contributed by atoms with Gasteiger partial charge in [-0.25, -0.2) is 0 Å². The van der Waals surface area contributed by atoms with Gasteiger partial charge in [-0.05, 0) is 43.8 Å². The van der Waals surface area contributed by atoms with E-state index in [0.29, 0.717) is 0 Å². The summed E-state index contributed by atoms with van der Waals surface area (Å²) in [7, 11) is 3.85. The Bertz CT molecular complexity index is 490. The van der Waals surface area contributed by atoms with Crippen molar-refractivity contribution < 1.29 is 4.74 Å². The fraction of sp³-hybridized carbons (Fsp3) is 0.429. The zero-order chi connectivity index (χ0) is 12.3. The van der Waals surface area contributed by atoms with E-state index in [0.717, 1.165) is 25.3 Å². The van der Waals surface area contributed by atoms with Gasteiger partial charge in [-0.3, -0.25) is 0 Å².